The fourth-order valence-corrected chi connectivity index (χ4v) is 4.26. The lowest BCUT2D eigenvalue weighted by Gasteiger charge is -2.39. The van der Waals surface area contributed by atoms with Crippen molar-refractivity contribution in [3.8, 4) is 0 Å². The molecule has 0 N–H and O–H groups in total. The van der Waals surface area contributed by atoms with Crippen LogP contribution in [-0.2, 0) is 4.79 Å². The summed E-state index contributed by atoms with van der Waals surface area (Å²) in [5.74, 6) is 0.515. The molecule has 2 heterocycles. The molecule has 3 fully saturated rings. The first-order valence-electron chi connectivity index (χ1n) is 6.84. The van der Waals surface area contributed by atoms with Crippen molar-refractivity contribution in [3.63, 3.8) is 0 Å². The second-order valence-corrected chi connectivity index (χ2v) is 6.84. The summed E-state index contributed by atoms with van der Waals surface area (Å²) in [6, 6.07) is 1.98. The normalized spacial score (nSPS) is 42.9. The lowest BCUT2D eigenvalue weighted by Crippen LogP contribution is -2.48. The van der Waals surface area contributed by atoms with E-state index in [9.17, 15) is 4.79 Å². The SMILES string of the molecule is CC1(C)CCC(N2C3CCC2CC(=O)C3)C1. The highest BCUT2D eigenvalue weighted by Crippen LogP contribution is 2.45. The van der Waals surface area contributed by atoms with Crippen LogP contribution in [0.2, 0.25) is 0 Å². The van der Waals surface area contributed by atoms with Gasteiger partial charge in [0.25, 0.3) is 0 Å². The average Bonchev–Trinajstić information content (AvgIpc) is 2.65. The molecule has 0 aromatic carbocycles. The van der Waals surface area contributed by atoms with E-state index in [4.69, 9.17) is 0 Å². The molecule has 1 saturated carbocycles. The highest BCUT2D eigenvalue weighted by molar-refractivity contribution is 5.81. The minimum Gasteiger partial charge on any atom is -0.300 e. The molecule has 2 heteroatoms. The first-order chi connectivity index (χ1) is 7.55. The number of piperidine rings is 1. The van der Waals surface area contributed by atoms with Gasteiger partial charge >= 0.3 is 0 Å². The Morgan fingerprint density at radius 3 is 2.19 bits per heavy atom. The van der Waals surface area contributed by atoms with Crippen molar-refractivity contribution in [2.75, 3.05) is 0 Å². The molecule has 3 rings (SSSR count). The molecule has 0 aromatic heterocycles. The summed E-state index contributed by atoms with van der Waals surface area (Å²) in [5, 5.41) is 0. The van der Waals surface area contributed by atoms with E-state index in [1.165, 1.54) is 32.1 Å². The van der Waals surface area contributed by atoms with Crippen LogP contribution in [0.4, 0.5) is 0 Å². The third kappa shape index (κ3) is 1.71. The first kappa shape index (κ1) is 10.8. The van der Waals surface area contributed by atoms with E-state index in [0.29, 0.717) is 23.3 Å². The van der Waals surface area contributed by atoms with E-state index in [-0.39, 0.29) is 0 Å². The van der Waals surface area contributed by atoms with Crippen LogP contribution >= 0.6 is 0 Å². The van der Waals surface area contributed by atoms with Crippen molar-refractivity contribution < 1.29 is 4.79 Å². The Bertz CT molecular complexity index is 294. The van der Waals surface area contributed by atoms with E-state index < -0.39 is 0 Å². The smallest absolute Gasteiger partial charge is 0.136 e. The molecule has 0 aromatic rings. The number of hydrogen-bond donors (Lipinski definition) is 0. The number of rotatable bonds is 1. The molecule has 0 spiro atoms. The minimum atomic E-state index is 0.515. The molecule has 16 heavy (non-hydrogen) atoms. The topological polar surface area (TPSA) is 20.3 Å². The fraction of sp³-hybridized carbons (Fsp3) is 0.929. The van der Waals surface area contributed by atoms with Crippen LogP contribution in [0.1, 0.15) is 58.8 Å². The Kier molecular flexibility index (Phi) is 2.39. The van der Waals surface area contributed by atoms with Crippen LogP contribution in [0.3, 0.4) is 0 Å². The third-order valence-electron chi connectivity index (χ3n) is 4.97. The number of fused-ring (bicyclic) bond motifs is 2. The van der Waals surface area contributed by atoms with Crippen LogP contribution in [-0.4, -0.2) is 28.8 Å². The Morgan fingerprint density at radius 2 is 1.69 bits per heavy atom. The number of carbonyl (C=O) groups excluding carboxylic acids is 1. The van der Waals surface area contributed by atoms with Crippen molar-refractivity contribution in [3.05, 3.63) is 0 Å². The van der Waals surface area contributed by atoms with Gasteiger partial charge in [-0.2, -0.15) is 0 Å². The van der Waals surface area contributed by atoms with Gasteiger partial charge in [0, 0.05) is 31.0 Å². The maximum Gasteiger partial charge on any atom is 0.136 e. The van der Waals surface area contributed by atoms with Gasteiger partial charge in [0.1, 0.15) is 5.78 Å². The Hall–Kier alpha value is -0.370. The molecule has 2 aliphatic heterocycles. The second kappa shape index (κ2) is 3.56. The predicted octanol–water partition coefficient (Wildman–Crippen LogP) is 2.76. The van der Waals surface area contributed by atoms with Crippen LogP contribution < -0.4 is 0 Å². The van der Waals surface area contributed by atoms with Crippen LogP contribution in [0.5, 0.6) is 0 Å². The van der Waals surface area contributed by atoms with E-state index in [1.54, 1.807) is 0 Å². The zero-order chi connectivity index (χ0) is 11.3. The monoisotopic (exact) mass is 221 g/mol. The predicted molar refractivity (Wildman–Crippen MR) is 64.3 cm³/mol. The van der Waals surface area contributed by atoms with Gasteiger partial charge in [0.2, 0.25) is 0 Å². The van der Waals surface area contributed by atoms with Crippen molar-refractivity contribution in [2.45, 2.75) is 76.9 Å². The lowest BCUT2D eigenvalue weighted by molar-refractivity contribution is -0.124. The van der Waals surface area contributed by atoms with E-state index in [2.05, 4.69) is 18.7 Å². The van der Waals surface area contributed by atoms with Gasteiger partial charge in [-0.1, -0.05) is 13.8 Å². The molecule has 0 radical (unpaired) electrons. The zero-order valence-electron chi connectivity index (χ0n) is 10.5. The van der Waals surface area contributed by atoms with Crippen molar-refractivity contribution in [2.24, 2.45) is 5.41 Å². The molecule has 3 unspecified atom stereocenters. The minimum absolute atomic E-state index is 0.515. The van der Waals surface area contributed by atoms with Crippen molar-refractivity contribution in [1.29, 1.82) is 0 Å². The largest absolute Gasteiger partial charge is 0.300 e. The van der Waals surface area contributed by atoms with Crippen molar-refractivity contribution in [1.82, 2.24) is 4.90 Å². The van der Waals surface area contributed by atoms with Gasteiger partial charge in [-0.25, -0.2) is 0 Å². The summed E-state index contributed by atoms with van der Waals surface area (Å²) in [7, 11) is 0. The summed E-state index contributed by atoms with van der Waals surface area (Å²) in [6.07, 6.45) is 8.28. The molecule has 3 atom stereocenters. The molecular weight excluding hydrogens is 198 g/mol. The fourth-order valence-electron chi connectivity index (χ4n) is 4.26. The Labute approximate surface area is 98.4 Å². The zero-order valence-corrected chi connectivity index (χ0v) is 10.5. The summed E-state index contributed by atoms with van der Waals surface area (Å²) in [4.78, 5) is 14.3. The number of ketones is 1. The van der Waals surface area contributed by atoms with E-state index in [1.807, 2.05) is 0 Å². The second-order valence-electron chi connectivity index (χ2n) is 6.84. The molecule has 90 valence electrons. The lowest BCUT2D eigenvalue weighted by atomic mass is 9.91. The number of carbonyl (C=O) groups is 1. The summed E-state index contributed by atoms with van der Waals surface area (Å²) < 4.78 is 0. The molecular formula is C14H23NO. The van der Waals surface area contributed by atoms with Gasteiger partial charge in [-0.15, -0.1) is 0 Å². The van der Waals surface area contributed by atoms with Gasteiger partial charge in [0.15, 0.2) is 0 Å². The molecule has 1 aliphatic carbocycles. The molecule has 2 bridgehead atoms. The average molecular weight is 221 g/mol. The molecule has 0 amide bonds. The number of hydrogen-bond acceptors (Lipinski definition) is 2. The Morgan fingerprint density at radius 1 is 1.06 bits per heavy atom. The van der Waals surface area contributed by atoms with Gasteiger partial charge in [-0.05, 0) is 37.5 Å². The van der Waals surface area contributed by atoms with Crippen LogP contribution in [0.25, 0.3) is 0 Å². The highest BCUT2D eigenvalue weighted by atomic mass is 16.1. The maximum absolute atomic E-state index is 11.6. The van der Waals surface area contributed by atoms with E-state index >= 15 is 0 Å². The maximum atomic E-state index is 11.6. The van der Waals surface area contributed by atoms with Gasteiger partial charge in [-0.3, -0.25) is 9.69 Å². The summed E-state index contributed by atoms with van der Waals surface area (Å²) >= 11 is 0. The first-order valence-corrected chi connectivity index (χ1v) is 6.84. The molecule has 2 saturated heterocycles. The standard InChI is InChI=1S/C14H23NO/c1-14(2)6-5-12(9-14)15-10-3-4-11(15)8-13(16)7-10/h10-12H,3-9H2,1-2H3. The van der Waals surface area contributed by atoms with Crippen molar-refractivity contribution >= 4 is 5.78 Å². The van der Waals surface area contributed by atoms with Crippen LogP contribution in [0, 0.1) is 5.41 Å². The molecule has 3 aliphatic rings. The summed E-state index contributed by atoms with van der Waals surface area (Å²) in [5.41, 5.74) is 0.533. The molecule has 2 nitrogen and oxygen atoms in total. The van der Waals surface area contributed by atoms with Crippen LogP contribution in [0.15, 0.2) is 0 Å². The quantitative estimate of drug-likeness (QED) is 0.678. The van der Waals surface area contributed by atoms with E-state index in [0.717, 1.165) is 18.9 Å². The van der Waals surface area contributed by atoms with Gasteiger partial charge < -0.3 is 0 Å². The number of Topliss-reactive ketones (excluding diaryl/α,β-unsaturated/α-hetero) is 1. The highest BCUT2D eigenvalue weighted by Gasteiger charge is 2.46. The number of nitrogens with zero attached hydrogens (tertiary/aromatic N) is 1. The Balaban J connectivity index is 1.74. The third-order valence-corrected chi connectivity index (χ3v) is 4.97. The van der Waals surface area contributed by atoms with Gasteiger partial charge in [0.05, 0.1) is 0 Å². The summed E-state index contributed by atoms with van der Waals surface area (Å²) in [6.45, 7) is 4.79.